The van der Waals surface area contributed by atoms with Crippen molar-refractivity contribution in [2.75, 3.05) is 5.75 Å². The summed E-state index contributed by atoms with van der Waals surface area (Å²) < 4.78 is 0. The maximum atomic E-state index is 11.9. The largest absolute Gasteiger partial charge is 0.298 e. The zero-order valence-electron chi connectivity index (χ0n) is 10.1. The number of ketones is 1. The third kappa shape index (κ3) is 3.91. The van der Waals surface area contributed by atoms with E-state index in [0.717, 1.165) is 5.56 Å². The van der Waals surface area contributed by atoms with Crippen molar-refractivity contribution in [2.45, 2.75) is 37.4 Å². The van der Waals surface area contributed by atoms with Crippen molar-refractivity contribution in [3.8, 4) is 0 Å². The lowest BCUT2D eigenvalue weighted by atomic mass is 10.1. The van der Waals surface area contributed by atoms with E-state index < -0.39 is 0 Å². The number of hydrogen-bond acceptors (Lipinski definition) is 2. The van der Waals surface area contributed by atoms with Gasteiger partial charge in [0.25, 0.3) is 0 Å². The van der Waals surface area contributed by atoms with E-state index in [-0.39, 0.29) is 5.78 Å². The first kappa shape index (κ1) is 14.2. The Morgan fingerprint density at radius 2 is 2.00 bits per heavy atom. The van der Waals surface area contributed by atoms with Gasteiger partial charge in [0.1, 0.15) is 5.78 Å². The van der Waals surface area contributed by atoms with Crippen LogP contribution in [0.25, 0.3) is 0 Å². The van der Waals surface area contributed by atoms with E-state index in [4.69, 9.17) is 23.2 Å². The molecule has 4 heteroatoms. The molecule has 2 rings (SSSR count). The molecule has 0 heterocycles. The van der Waals surface area contributed by atoms with Gasteiger partial charge < -0.3 is 0 Å². The molecule has 1 saturated carbocycles. The number of carbonyl (C=O) groups is 1. The highest BCUT2D eigenvalue weighted by molar-refractivity contribution is 8.00. The van der Waals surface area contributed by atoms with Gasteiger partial charge in [-0.05, 0) is 24.5 Å². The van der Waals surface area contributed by atoms with Crippen LogP contribution < -0.4 is 0 Å². The second kappa shape index (κ2) is 6.83. The number of carbonyl (C=O) groups excluding carboxylic acids is 1. The molecule has 1 aromatic rings. The van der Waals surface area contributed by atoms with Gasteiger partial charge in [0, 0.05) is 11.7 Å². The quantitative estimate of drug-likeness (QED) is 0.778. The average molecular weight is 303 g/mol. The summed E-state index contributed by atoms with van der Waals surface area (Å²) in [5.74, 6) is 0.823. The summed E-state index contributed by atoms with van der Waals surface area (Å²) in [7, 11) is 0. The van der Waals surface area contributed by atoms with E-state index in [0.29, 0.717) is 27.5 Å². The fourth-order valence-electron chi connectivity index (χ4n) is 2.21. The van der Waals surface area contributed by atoms with Crippen LogP contribution in [0.1, 0.15) is 31.2 Å². The molecule has 98 valence electrons. The minimum absolute atomic E-state index is 0.232. The highest BCUT2D eigenvalue weighted by atomic mass is 35.5. The van der Waals surface area contributed by atoms with E-state index in [1.807, 2.05) is 12.1 Å². The molecule has 0 unspecified atom stereocenters. The molecule has 0 amide bonds. The number of rotatable bonds is 5. The first-order valence-electron chi connectivity index (χ1n) is 6.23. The molecule has 0 saturated heterocycles. The number of halogens is 2. The van der Waals surface area contributed by atoms with Crippen LogP contribution in [0, 0.1) is 0 Å². The van der Waals surface area contributed by atoms with Gasteiger partial charge in [0.2, 0.25) is 0 Å². The minimum Gasteiger partial charge on any atom is -0.298 e. The van der Waals surface area contributed by atoms with Gasteiger partial charge >= 0.3 is 0 Å². The molecule has 0 bridgehead atoms. The van der Waals surface area contributed by atoms with Gasteiger partial charge in [-0.3, -0.25) is 4.79 Å². The molecule has 0 spiro atoms. The maximum Gasteiger partial charge on any atom is 0.147 e. The average Bonchev–Trinajstić information content (AvgIpc) is 2.86. The second-order valence-corrected chi connectivity index (χ2v) is 6.72. The Labute approximate surface area is 122 Å². The number of hydrogen-bond donors (Lipinski definition) is 0. The molecule has 0 aliphatic heterocycles. The lowest BCUT2D eigenvalue weighted by Crippen LogP contribution is -2.09. The van der Waals surface area contributed by atoms with Crippen molar-refractivity contribution in [1.82, 2.24) is 0 Å². The topological polar surface area (TPSA) is 17.1 Å². The summed E-state index contributed by atoms with van der Waals surface area (Å²) in [6.07, 6.45) is 5.53. The fraction of sp³-hybridized carbons (Fsp3) is 0.500. The zero-order chi connectivity index (χ0) is 13.0. The van der Waals surface area contributed by atoms with Crippen molar-refractivity contribution < 1.29 is 4.79 Å². The van der Waals surface area contributed by atoms with Crippen molar-refractivity contribution >= 4 is 40.7 Å². The van der Waals surface area contributed by atoms with Crippen LogP contribution in [0.2, 0.25) is 10.0 Å². The molecular weight excluding hydrogens is 287 g/mol. The molecular formula is C14H16Cl2OS. The molecule has 0 atom stereocenters. The standard InChI is InChI=1S/C14H16Cl2OS/c15-13-7-3-4-10(14(13)16)8-11(17)9-18-12-5-1-2-6-12/h3-4,7,12H,1-2,5-6,8-9H2. The van der Waals surface area contributed by atoms with Crippen molar-refractivity contribution in [3.63, 3.8) is 0 Å². The van der Waals surface area contributed by atoms with Crippen molar-refractivity contribution in [3.05, 3.63) is 33.8 Å². The van der Waals surface area contributed by atoms with Crippen LogP contribution in [0.5, 0.6) is 0 Å². The summed E-state index contributed by atoms with van der Waals surface area (Å²) in [6.45, 7) is 0. The van der Waals surface area contributed by atoms with E-state index >= 15 is 0 Å². The normalized spacial score (nSPS) is 16.1. The van der Waals surface area contributed by atoms with Crippen LogP contribution in [-0.4, -0.2) is 16.8 Å². The zero-order valence-corrected chi connectivity index (χ0v) is 12.5. The van der Waals surface area contributed by atoms with E-state index in [9.17, 15) is 4.79 Å². The molecule has 1 aliphatic rings. The Kier molecular flexibility index (Phi) is 5.40. The molecule has 1 fully saturated rings. The SMILES string of the molecule is O=C(CSC1CCCC1)Cc1cccc(Cl)c1Cl. The Bertz CT molecular complexity index is 428. The van der Waals surface area contributed by atoms with Gasteiger partial charge in [-0.2, -0.15) is 11.8 Å². The first-order chi connectivity index (χ1) is 8.66. The smallest absolute Gasteiger partial charge is 0.147 e. The Morgan fingerprint density at radius 1 is 1.28 bits per heavy atom. The Hall–Kier alpha value is -0.180. The predicted octanol–water partition coefficient (Wildman–Crippen LogP) is 4.78. The summed E-state index contributed by atoms with van der Waals surface area (Å²) in [4.78, 5) is 11.9. The lowest BCUT2D eigenvalue weighted by molar-refractivity contribution is -0.116. The van der Waals surface area contributed by atoms with Crippen molar-refractivity contribution in [1.29, 1.82) is 0 Å². The molecule has 1 nitrogen and oxygen atoms in total. The predicted molar refractivity (Wildman–Crippen MR) is 79.9 cm³/mol. The highest BCUT2D eigenvalue weighted by Gasteiger charge is 2.17. The fourth-order valence-corrected chi connectivity index (χ4v) is 3.79. The van der Waals surface area contributed by atoms with Crippen LogP contribution in [-0.2, 0) is 11.2 Å². The van der Waals surface area contributed by atoms with E-state index in [1.165, 1.54) is 25.7 Å². The summed E-state index contributed by atoms with van der Waals surface area (Å²) in [5, 5.41) is 1.72. The third-order valence-electron chi connectivity index (χ3n) is 3.20. The molecule has 1 aliphatic carbocycles. The molecule has 1 aromatic carbocycles. The van der Waals surface area contributed by atoms with Crippen LogP contribution in [0.4, 0.5) is 0 Å². The monoisotopic (exact) mass is 302 g/mol. The van der Waals surface area contributed by atoms with Crippen LogP contribution >= 0.6 is 35.0 Å². The van der Waals surface area contributed by atoms with Gasteiger partial charge in [-0.25, -0.2) is 0 Å². The van der Waals surface area contributed by atoms with Gasteiger partial charge in [-0.15, -0.1) is 0 Å². The van der Waals surface area contributed by atoms with Crippen LogP contribution in [0.15, 0.2) is 18.2 Å². The van der Waals surface area contributed by atoms with Crippen molar-refractivity contribution in [2.24, 2.45) is 0 Å². The third-order valence-corrected chi connectivity index (χ3v) is 5.49. The first-order valence-corrected chi connectivity index (χ1v) is 8.03. The van der Waals surface area contributed by atoms with Gasteiger partial charge in [-0.1, -0.05) is 48.2 Å². The second-order valence-electron chi connectivity index (χ2n) is 4.65. The lowest BCUT2D eigenvalue weighted by Gasteiger charge is -2.08. The molecule has 18 heavy (non-hydrogen) atoms. The van der Waals surface area contributed by atoms with E-state index in [1.54, 1.807) is 17.8 Å². The Morgan fingerprint density at radius 3 is 2.72 bits per heavy atom. The van der Waals surface area contributed by atoms with Gasteiger partial charge in [0.15, 0.2) is 0 Å². The van der Waals surface area contributed by atoms with Crippen LogP contribution in [0.3, 0.4) is 0 Å². The minimum atomic E-state index is 0.232. The summed E-state index contributed by atoms with van der Waals surface area (Å²) >= 11 is 13.8. The molecule has 0 N–H and O–H groups in total. The van der Waals surface area contributed by atoms with Gasteiger partial charge in [0.05, 0.1) is 15.8 Å². The number of benzene rings is 1. The molecule has 0 aromatic heterocycles. The summed E-state index contributed by atoms with van der Waals surface area (Å²) in [6, 6.07) is 5.44. The highest BCUT2D eigenvalue weighted by Crippen LogP contribution is 2.30. The van der Waals surface area contributed by atoms with E-state index in [2.05, 4.69) is 0 Å². The maximum absolute atomic E-state index is 11.9. The number of Topliss-reactive ketones (excluding diaryl/α,β-unsaturated/α-hetero) is 1. The number of thioether (sulfide) groups is 1. The Balaban J connectivity index is 1.84. The summed E-state index contributed by atoms with van der Waals surface area (Å²) in [5.41, 5.74) is 0.834. The molecule has 0 radical (unpaired) electrons.